The Kier molecular flexibility index (Phi) is 6.97. The number of ether oxygens (including phenoxy) is 2. The van der Waals surface area contributed by atoms with Gasteiger partial charge in [0.25, 0.3) is 0 Å². The summed E-state index contributed by atoms with van der Waals surface area (Å²) < 4.78 is 26.5. The molecule has 0 spiro atoms. The summed E-state index contributed by atoms with van der Waals surface area (Å²) in [7, 11) is 3.31. The van der Waals surface area contributed by atoms with E-state index < -0.39 is 0 Å². The van der Waals surface area contributed by atoms with E-state index >= 15 is 0 Å². The summed E-state index contributed by atoms with van der Waals surface area (Å²) in [6, 6.07) is 24.2. The molecule has 4 aromatic rings. The van der Waals surface area contributed by atoms with E-state index in [-0.39, 0.29) is 12.4 Å². The minimum absolute atomic E-state index is 0.188. The number of methoxy groups -OCH3 is 2. The molecule has 0 aliphatic rings. The first-order valence-corrected chi connectivity index (χ1v) is 10.9. The van der Waals surface area contributed by atoms with Crippen LogP contribution in [0.5, 0.6) is 11.5 Å². The molecule has 0 aliphatic carbocycles. The van der Waals surface area contributed by atoms with Crippen LogP contribution in [0.25, 0.3) is 16.9 Å². The maximum Gasteiger partial charge on any atom is 0.142 e. The molecular weight excluding hydrogens is 431 g/mol. The topological polar surface area (TPSA) is 45.0 Å². The van der Waals surface area contributed by atoms with E-state index in [9.17, 15) is 4.39 Å². The Labute approximate surface area is 199 Å². The zero-order valence-electron chi connectivity index (χ0n) is 19.7. The second-order valence-electron chi connectivity index (χ2n) is 7.88. The van der Waals surface area contributed by atoms with Crippen molar-refractivity contribution < 1.29 is 18.7 Å². The number of halogens is 1. The van der Waals surface area contributed by atoms with E-state index in [1.807, 2.05) is 62.4 Å². The Morgan fingerprint density at radius 1 is 0.882 bits per heavy atom. The minimum Gasteiger partial charge on any atom is -0.497 e. The van der Waals surface area contributed by atoms with Crippen LogP contribution in [0.15, 0.2) is 84.0 Å². The Bertz CT molecular complexity index is 1330. The highest BCUT2D eigenvalue weighted by molar-refractivity contribution is 6.01. The number of benzene rings is 3. The van der Waals surface area contributed by atoms with Crippen molar-refractivity contribution in [2.45, 2.75) is 20.5 Å². The van der Waals surface area contributed by atoms with Crippen molar-refractivity contribution in [2.24, 2.45) is 5.16 Å². The van der Waals surface area contributed by atoms with Gasteiger partial charge in [-0.25, -0.2) is 4.39 Å². The Morgan fingerprint density at radius 3 is 2.32 bits per heavy atom. The van der Waals surface area contributed by atoms with Gasteiger partial charge in [-0.05, 0) is 61.9 Å². The fraction of sp³-hybridized carbons (Fsp3) is 0.179. The normalized spacial score (nSPS) is 11.4. The first kappa shape index (κ1) is 23.1. The third-order valence-electron chi connectivity index (χ3n) is 5.64. The molecule has 4 rings (SSSR count). The average Bonchev–Trinajstić information content (AvgIpc) is 3.21. The predicted octanol–water partition coefficient (Wildman–Crippen LogP) is 6.55. The van der Waals surface area contributed by atoms with E-state index in [1.165, 1.54) is 12.1 Å². The Morgan fingerprint density at radius 2 is 1.59 bits per heavy atom. The lowest BCUT2D eigenvalue weighted by molar-refractivity contribution is 0.130. The Balaban J connectivity index is 1.75. The summed E-state index contributed by atoms with van der Waals surface area (Å²) in [6.07, 6.45) is 0. The van der Waals surface area contributed by atoms with E-state index in [0.29, 0.717) is 0 Å². The third kappa shape index (κ3) is 4.96. The molecule has 0 radical (unpaired) electrons. The van der Waals surface area contributed by atoms with Crippen molar-refractivity contribution in [3.8, 4) is 28.4 Å². The van der Waals surface area contributed by atoms with Crippen molar-refractivity contribution in [3.63, 3.8) is 0 Å². The van der Waals surface area contributed by atoms with Gasteiger partial charge in [0.2, 0.25) is 0 Å². The van der Waals surface area contributed by atoms with E-state index in [4.69, 9.17) is 14.3 Å². The van der Waals surface area contributed by atoms with Crippen molar-refractivity contribution in [1.82, 2.24) is 4.57 Å². The highest BCUT2D eigenvalue weighted by atomic mass is 19.1. The van der Waals surface area contributed by atoms with Crippen LogP contribution in [-0.4, -0.2) is 24.5 Å². The largest absolute Gasteiger partial charge is 0.497 e. The first-order valence-electron chi connectivity index (χ1n) is 10.9. The third-order valence-corrected chi connectivity index (χ3v) is 5.64. The number of nitrogens with zero attached hydrogens (tertiary/aromatic N) is 2. The quantitative estimate of drug-likeness (QED) is 0.222. The molecule has 0 aliphatic heterocycles. The highest BCUT2D eigenvalue weighted by Crippen LogP contribution is 2.32. The van der Waals surface area contributed by atoms with Gasteiger partial charge in [0.05, 0.1) is 25.6 Å². The molecule has 0 atom stereocenters. The van der Waals surface area contributed by atoms with Crippen LogP contribution in [0.1, 0.15) is 23.7 Å². The molecule has 3 aromatic carbocycles. The van der Waals surface area contributed by atoms with E-state index in [1.54, 1.807) is 26.4 Å². The molecule has 0 unspecified atom stereocenters. The van der Waals surface area contributed by atoms with Crippen LogP contribution >= 0.6 is 0 Å². The monoisotopic (exact) mass is 458 g/mol. The summed E-state index contributed by atoms with van der Waals surface area (Å²) in [6.45, 7) is 4.14. The highest BCUT2D eigenvalue weighted by Gasteiger charge is 2.18. The SMILES string of the molecule is COc1cccc(-c2cc(/C(C)=N\OCc3cccc(F)c3)c(C)n2-c2cccc(OC)c2)c1. The summed E-state index contributed by atoms with van der Waals surface area (Å²) in [5.74, 6) is 1.25. The van der Waals surface area contributed by atoms with Crippen molar-refractivity contribution in [3.05, 3.63) is 102 Å². The standard InChI is InChI=1S/C28H27FN2O3/c1-19(30-34-18-21-8-5-10-23(29)14-21)27-17-28(22-9-6-12-25(15-22)32-3)31(20(27)2)24-11-7-13-26(16-24)33-4/h5-17H,18H2,1-4H3/b30-19-. The van der Waals surface area contributed by atoms with Crippen LogP contribution in [0.3, 0.4) is 0 Å². The second kappa shape index (κ2) is 10.3. The number of rotatable bonds is 8. The van der Waals surface area contributed by atoms with Gasteiger partial charge in [-0.15, -0.1) is 0 Å². The summed E-state index contributed by atoms with van der Waals surface area (Å²) in [5.41, 5.74) is 6.35. The fourth-order valence-corrected chi connectivity index (χ4v) is 3.93. The lowest BCUT2D eigenvalue weighted by Crippen LogP contribution is -2.03. The molecule has 0 bridgehead atoms. The van der Waals surface area contributed by atoms with Crippen molar-refractivity contribution >= 4 is 5.71 Å². The lowest BCUT2D eigenvalue weighted by Gasteiger charge is -2.14. The predicted molar refractivity (Wildman–Crippen MR) is 132 cm³/mol. The minimum atomic E-state index is -0.295. The average molecular weight is 459 g/mol. The number of hydrogen-bond acceptors (Lipinski definition) is 4. The van der Waals surface area contributed by atoms with Crippen molar-refractivity contribution in [2.75, 3.05) is 14.2 Å². The molecule has 0 saturated carbocycles. The lowest BCUT2D eigenvalue weighted by atomic mass is 10.1. The van der Waals surface area contributed by atoms with Crippen molar-refractivity contribution in [1.29, 1.82) is 0 Å². The van der Waals surface area contributed by atoms with Crippen LogP contribution < -0.4 is 9.47 Å². The first-order chi connectivity index (χ1) is 16.5. The van der Waals surface area contributed by atoms with Gasteiger partial charge in [-0.3, -0.25) is 0 Å². The zero-order chi connectivity index (χ0) is 24.1. The van der Waals surface area contributed by atoms with Gasteiger partial charge in [-0.1, -0.05) is 35.5 Å². The molecule has 0 amide bonds. The van der Waals surface area contributed by atoms with Gasteiger partial charge in [0.15, 0.2) is 0 Å². The second-order valence-corrected chi connectivity index (χ2v) is 7.88. The van der Waals surface area contributed by atoms with Crippen LogP contribution in [0.2, 0.25) is 0 Å². The molecule has 0 fully saturated rings. The number of aromatic nitrogens is 1. The molecule has 1 aromatic heterocycles. The van der Waals surface area contributed by atoms with Crippen LogP contribution in [-0.2, 0) is 11.4 Å². The molecule has 6 heteroatoms. The summed E-state index contributed by atoms with van der Waals surface area (Å²) in [4.78, 5) is 5.55. The molecule has 0 N–H and O–H groups in total. The summed E-state index contributed by atoms with van der Waals surface area (Å²) in [5, 5.41) is 4.32. The number of oxime groups is 1. The zero-order valence-corrected chi connectivity index (χ0v) is 19.7. The maximum absolute atomic E-state index is 13.4. The molecule has 0 saturated heterocycles. The number of hydrogen-bond donors (Lipinski definition) is 0. The van der Waals surface area contributed by atoms with Gasteiger partial charge in [0, 0.05) is 28.6 Å². The summed E-state index contributed by atoms with van der Waals surface area (Å²) >= 11 is 0. The Hall–Kier alpha value is -4.06. The van der Waals surface area contributed by atoms with Gasteiger partial charge in [-0.2, -0.15) is 0 Å². The van der Waals surface area contributed by atoms with Gasteiger partial charge in [0.1, 0.15) is 23.9 Å². The fourth-order valence-electron chi connectivity index (χ4n) is 3.93. The maximum atomic E-state index is 13.4. The molecule has 34 heavy (non-hydrogen) atoms. The smallest absolute Gasteiger partial charge is 0.142 e. The molecular formula is C28H27FN2O3. The molecule has 174 valence electrons. The molecule has 5 nitrogen and oxygen atoms in total. The van der Waals surface area contributed by atoms with E-state index in [2.05, 4.69) is 15.8 Å². The van der Waals surface area contributed by atoms with E-state index in [0.717, 1.165) is 51.0 Å². The van der Waals surface area contributed by atoms with Crippen LogP contribution in [0, 0.1) is 12.7 Å². The van der Waals surface area contributed by atoms with Gasteiger partial charge < -0.3 is 18.9 Å². The van der Waals surface area contributed by atoms with Crippen LogP contribution in [0.4, 0.5) is 4.39 Å². The molecule has 1 heterocycles. The van der Waals surface area contributed by atoms with Gasteiger partial charge >= 0.3 is 0 Å².